The van der Waals surface area contributed by atoms with E-state index in [1.54, 1.807) is 12.4 Å². The number of carbonyl (C=O) groups is 1. The second kappa shape index (κ2) is 5.43. The van der Waals surface area contributed by atoms with Crippen LogP contribution in [0, 0.1) is 16.3 Å². The van der Waals surface area contributed by atoms with Crippen molar-refractivity contribution in [1.82, 2.24) is 4.98 Å². The normalized spacial score (nSPS) is 10.2. The molecule has 0 radical (unpaired) electrons. The van der Waals surface area contributed by atoms with Crippen LogP contribution in [0.5, 0.6) is 0 Å². The fourth-order valence-corrected chi connectivity index (χ4v) is 2.18. The van der Waals surface area contributed by atoms with Crippen molar-refractivity contribution in [3.8, 4) is 0 Å². The van der Waals surface area contributed by atoms with E-state index in [0.717, 1.165) is 5.56 Å². The van der Waals surface area contributed by atoms with Crippen molar-refractivity contribution in [2.24, 2.45) is 0 Å². The average Bonchev–Trinajstić information content (AvgIpc) is 2.32. The lowest BCUT2D eigenvalue weighted by Crippen LogP contribution is -2.14. The van der Waals surface area contributed by atoms with Crippen LogP contribution in [0.3, 0.4) is 0 Å². The number of hydrogen-bond acceptors (Lipinski definition) is 2. The number of aromatic nitrogens is 1. The van der Waals surface area contributed by atoms with Gasteiger partial charge in [-0.2, -0.15) is 0 Å². The van der Waals surface area contributed by atoms with Crippen molar-refractivity contribution in [3.63, 3.8) is 0 Å². The average molecular weight is 356 g/mol. The molecule has 0 spiro atoms. The van der Waals surface area contributed by atoms with E-state index in [-0.39, 0.29) is 11.7 Å². The molecular weight excluding hydrogens is 346 g/mol. The van der Waals surface area contributed by atoms with Crippen LogP contribution in [0.4, 0.5) is 10.1 Å². The van der Waals surface area contributed by atoms with Crippen LogP contribution in [-0.4, -0.2) is 10.9 Å². The van der Waals surface area contributed by atoms with Crippen LogP contribution in [0.25, 0.3) is 0 Å². The molecule has 0 unspecified atom stereocenters. The Bertz CT molecular complexity index is 601. The van der Waals surface area contributed by atoms with Crippen molar-refractivity contribution in [1.29, 1.82) is 0 Å². The molecule has 3 nitrogen and oxygen atoms in total. The monoisotopic (exact) mass is 356 g/mol. The summed E-state index contributed by atoms with van der Waals surface area (Å²) < 4.78 is 13.5. The Morgan fingerprint density at radius 1 is 1.39 bits per heavy atom. The van der Waals surface area contributed by atoms with E-state index in [1.165, 1.54) is 18.2 Å². The topological polar surface area (TPSA) is 42.0 Å². The van der Waals surface area contributed by atoms with Crippen LogP contribution >= 0.6 is 22.6 Å². The number of pyridine rings is 1. The Morgan fingerprint density at radius 2 is 2.17 bits per heavy atom. The number of carbonyl (C=O) groups excluding carboxylic acids is 1. The second-order valence-corrected chi connectivity index (χ2v) is 4.93. The Morgan fingerprint density at radius 3 is 2.83 bits per heavy atom. The van der Waals surface area contributed by atoms with Gasteiger partial charge in [0.2, 0.25) is 0 Å². The molecule has 2 aromatic rings. The highest BCUT2D eigenvalue weighted by Crippen LogP contribution is 2.17. The summed E-state index contributed by atoms with van der Waals surface area (Å²) >= 11 is 1.94. The van der Waals surface area contributed by atoms with Crippen molar-refractivity contribution >= 4 is 34.2 Å². The molecule has 0 fully saturated rings. The lowest BCUT2D eigenvalue weighted by molar-refractivity contribution is 0.102. The first-order chi connectivity index (χ1) is 8.58. The molecule has 1 aromatic carbocycles. The maximum atomic E-state index is 13.0. The van der Waals surface area contributed by atoms with Crippen LogP contribution in [0.1, 0.15) is 15.9 Å². The molecule has 18 heavy (non-hydrogen) atoms. The predicted molar refractivity (Wildman–Crippen MR) is 76.0 cm³/mol. The number of anilines is 1. The minimum Gasteiger partial charge on any atom is -0.320 e. The van der Waals surface area contributed by atoms with Gasteiger partial charge in [0.15, 0.2) is 0 Å². The summed E-state index contributed by atoms with van der Waals surface area (Å²) in [6.07, 6.45) is 3.25. The minimum atomic E-state index is -0.353. The van der Waals surface area contributed by atoms with Gasteiger partial charge in [-0.15, -0.1) is 0 Å². The zero-order valence-corrected chi connectivity index (χ0v) is 11.7. The molecule has 1 aromatic heterocycles. The number of nitrogens with one attached hydrogen (secondary N) is 1. The number of rotatable bonds is 2. The molecule has 5 heteroatoms. The fourth-order valence-electron chi connectivity index (χ4n) is 1.46. The summed E-state index contributed by atoms with van der Waals surface area (Å²) in [6.45, 7) is 1.88. The van der Waals surface area contributed by atoms with E-state index < -0.39 is 0 Å². The van der Waals surface area contributed by atoms with Crippen LogP contribution in [-0.2, 0) is 0 Å². The summed E-state index contributed by atoms with van der Waals surface area (Å²) in [5.41, 5.74) is 2.03. The van der Waals surface area contributed by atoms with Crippen LogP contribution < -0.4 is 5.32 Å². The SMILES string of the molecule is Cc1ccncc1NC(=O)c1ccc(F)cc1I. The first kappa shape index (κ1) is 12.9. The third-order valence-corrected chi connectivity index (χ3v) is 3.36. The molecule has 0 aliphatic carbocycles. The Labute approximate surface area is 118 Å². The van der Waals surface area contributed by atoms with Crippen molar-refractivity contribution < 1.29 is 9.18 Å². The molecule has 1 N–H and O–H groups in total. The third-order valence-electron chi connectivity index (χ3n) is 2.46. The highest BCUT2D eigenvalue weighted by atomic mass is 127. The molecule has 2 rings (SSSR count). The molecule has 1 amide bonds. The largest absolute Gasteiger partial charge is 0.320 e. The van der Waals surface area contributed by atoms with Crippen LogP contribution in [0.2, 0.25) is 0 Å². The molecule has 1 heterocycles. The van der Waals surface area contributed by atoms with Crippen molar-refractivity contribution in [2.45, 2.75) is 6.92 Å². The second-order valence-electron chi connectivity index (χ2n) is 3.77. The Hall–Kier alpha value is -1.50. The van der Waals surface area contributed by atoms with Crippen LogP contribution in [0.15, 0.2) is 36.7 Å². The molecular formula is C13H10FIN2O. The maximum Gasteiger partial charge on any atom is 0.256 e. The Kier molecular flexibility index (Phi) is 3.90. The molecule has 0 saturated heterocycles. The Balaban J connectivity index is 2.25. The molecule has 0 aliphatic rings. The van der Waals surface area contributed by atoms with E-state index in [1.807, 2.05) is 35.6 Å². The van der Waals surface area contributed by atoms with Gasteiger partial charge in [-0.1, -0.05) is 0 Å². The number of nitrogens with zero attached hydrogens (tertiary/aromatic N) is 1. The summed E-state index contributed by atoms with van der Waals surface area (Å²) in [5.74, 6) is -0.621. The molecule has 0 saturated carbocycles. The standard InChI is InChI=1S/C13H10FIN2O/c1-8-4-5-16-7-12(8)17-13(18)10-3-2-9(14)6-11(10)15/h2-7H,1H3,(H,17,18). The summed E-state index contributed by atoms with van der Waals surface area (Å²) in [6, 6.07) is 5.88. The van der Waals surface area contributed by atoms with Gasteiger partial charge in [0.05, 0.1) is 17.4 Å². The first-order valence-corrected chi connectivity index (χ1v) is 6.33. The van der Waals surface area contributed by atoms with Crippen molar-refractivity contribution in [3.05, 3.63) is 57.2 Å². The van der Waals surface area contributed by atoms with E-state index >= 15 is 0 Å². The van der Waals surface area contributed by atoms with E-state index in [2.05, 4.69) is 10.3 Å². The minimum absolute atomic E-state index is 0.268. The van der Waals surface area contributed by atoms with E-state index in [4.69, 9.17) is 0 Å². The summed E-state index contributed by atoms with van der Waals surface area (Å²) in [4.78, 5) is 16.0. The van der Waals surface area contributed by atoms with E-state index in [9.17, 15) is 9.18 Å². The molecule has 92 valence electrons. The fraction of sp³-hybridized carbons (Fsp3) is 0.0769. The van der Waals surface area contributed by atoms with Gasteiger partial charge in [0.25, 0.3) is 5.91 Å². The van der Waals surface area contributed by atoms with Gasteiger partial charge in [0.1, 0.15) is 5.82 Å². The molecule has 0 atom stereocenters. The van der Waals surface area contributed by atoms with Gasteiger partial charge in [-0.05, 0) is 59.3 Å². The van der Waals surface area contributed by atoms with Gasteiger partial charge < -0.3 is 5.32 Å². The predicted octanol–water partition coefficient (Wildman–Crippen LogP) is 3.39. The molecule has 0 aliphatic heterocycles. The zero-order valence-electron chi connectivity index (χ0n) is 9.58. The van der Waals surface area contributed by atoms with Gasteiger partial charge >= 0.3 is 0 Å². The first-order valence-electron chi connectivity index (χ1n) is 5.25. The lowest BCUT2D eigenvalue weighted by atomic mass is 10.2. The number of hydrogen-bond donors (Lipinski definition) is 1. The van der Waals surface area contributed by atoms with E-state index in [0.29, 0.717) is 14.8 Å². The highest BCUT2D eigenvalue weighted by Gasteiger charge is 2.11. The smallest absolute Gasteiger partial charge is 0.256 e. The lowest BCUT2D eigenvalue weighted by Gasteiger charge is -2.08. The number of halogens is 2. The van der Waals surface area contributed by atoms with Gasteiger partial charge in [-0.25, -0.2) is 4.39 Å². The number of amides is 1. The summed E-state index contributed by atoms with van der Waals surface area (Å²) in [7, 11) is 0. The maximum absolute atomic E-state index is 13.0. The third kappa shape index (κ3) is 2.84. The number of aryl methyl sites for hydroxylation is 1. The quantitative estimate of drug-likeness (QED) is 0.839. The number of benzene rings is 1. The molecule has 0 bridgehead atoms. The van der Waals surface area contributed by atoms with Gasteiger partial charge in [0, 0.05) is 9.77 Å². The highest BCUT2D eigenvalue weighted by molar-refractivity contribution is 14.1. The van der Waals surface area contributed by atoms with Gasteiger partial charge in [-0.3, -0.25) is 9.78 Å². The zero-order chi connectivity index (χ0) is 13.1. The summed E-state index contributed by atoms with van der Waals surface area (Å²) in [5, 5.41) is 2.76. The van der Waals surface area contributed by atoms with Crippen molar-refractivity contribution in [2.75, 3.05) is 5.32 Å².